The van der Waals surface area contributed by atoms with Crippen LogP contribution in [0.3, 0.4) is 0 Å². The van der Waals surface area contributed by atoms with Crippen LogP contribution in [-0.2, 0) is 9.59 Å². The van der Waals surface area contributed by atoms with Gasteiger partial charge in [0.1, 0.15) is 5.69 Å². The summed E-state index contributed by atoms with van der Waals surface area (Å²) >= 11 is 6.19. The van der Waals surface area contributed by atoms with Gasteiger partial charge >= 0.3 is 0 Å². The van der Waals surface area contributed by atoms with Crippen LogP contribution in [-0.4, -0.2) is 43.1 Å². The molecule has 0 aromatic heterocycles. The molecule has 1 amide bonds. The van der Waals surface area contributed by atoms with E-state index in [0.717, 1.165) is 5.69 Å². The average molecular weight is 280 g/mol. The molecule has 0 N–H and O–H groups in total. The second-order valence-electron chi connectivity index (χ2n) is 4.30. The van der Waals surface area contributed by atoms with Crippen LogP contribution in [0.1, 0.15) is 6.92 Å². The minimum absolute atomic E-state index is 0.0740. The van der Waals surface area contributed by atoms with E-state index in [9.17, 15) is 9.59 Å². The molecule has 1 aromatic carbocycles. The molecule has 5 nitrogen and oxygen atoms in total. The smallest absolute Gasteiger partial charge is 0.240 e. The van der Waals surface area contributed by atoms with Crippen molar-refractivity contribution in [1.82, 2.24) is 4.90 Å². The molecule has 100 valence electrons. The van der Waals surface area contributed by atoms with Gasteiger partial charge in [0.25, 0.3) is 0 Å². The molecular weight excluding hydrogens is 266 g/mol. The van der Waals surface area contributed by atoms with Crippen molar-refractivity contribution in [2.75, 3.05) is 31.1 Å². The van der Waals surface area contributed by atoms with E-state index in [4.69, 9.17) is 11.6 Å². The highest BCUT2D eigenvalue weighted by molar-refractivity contribution is 6.34. The number of rotatable bonds is 2. The molecular formula is C13H14ClN3O2. The predicted octanol–water partition coefficient (Wildman–Crippen LogP) is 1.98. The summed E-state index contributed by atoms with van der Waals surface area (Å²) in [5.74, 6) is 0.0740. The monoisotopic (exact) mass is 279 g/mol. The van der Waals surface area contributed by atoms with Crippen molar-refractivity contribution < 1.29 is 9.59 Å². The molecule has 6 heteroatoms. The molecule has 0 aliphatic carbocycles. The minimum atomic E-state index is 0.0740. The van der Waals surface area contributed by atoms with E-state index in [1.54, 1.807) is 36.1 Å². The van der Waals surface area contributed by atoms with E-state index in [1.807, 2.05) is 4.90 Å². The Hall–Kier alpha value is -1.84. The summed E-state index contributed by atoms with van der Waals surface area (Å²) in [4.78, 5) is 29.3. The second kappa shape index (κ2) is 5.87. The number of hydrogen-bond acceptors (Lipinski definition) is 4. The van der Waals surface area contributed by atoms with Gasteiger partial charge < -0.3 is 9.80 Å². The van der Waals surface area contributed by atoms with Crippen molar-refractivity contribution in [3.8, 4) is 0 Å². The van der Waals surface area contributed by atoms with Crippen LogP contribution in [0.15, 0.2) is 23.2 Å². The van der Waals surface area contributed by atoms with Gasteiger partial charge in [-0.05, 0) is 12.1 Å². The lowest BCUT2D eigenvalue weighted by molar-refractivity contribution is -0.129. The molecule has 0 spiro atoms. The summed E-state index contributed by atoms with van der Waals surface area (Å²) in [6.07, 6.45) is 1.54. The first-order valence-corrected chi connectivity index (χ1v) is 6.38. The van der Waals surface area contributed by atoms with Crippen molar-refractivity contribution >= 4 is 35.0 Å². The SMILES string of the molecule is CC(=O)N1CCN(c2c(Cl)cccc2N=C=O)CC1. The molecule has 0 atom stereocenters. The third-order valence-corrected chi connectivity index (χ3v) is 3.48. The zero-order valence-corrected chi connectivity index (χ0v) is 11.4. The van der Waals surface area contributed by atoms with Gasteiger partial charge in [-0.2, -0.15) is 4.99 Å². The molecule has 1 heterocycles. The Morgan fingerprint density at radius 2 is 2.00 bits per heavy atom. The number of benzene rings is 1. The lowest BCUT2D eigenvalue weighted by Crippen LogP contribution is -2.48. The highest BCUT2D eigenvalue weighted by atomic mass is 35.5. The van der Waals surface area contributed by atoms with Gasteiger partial charge in [-0.1, -0.05) is 17.7 Å². The van der Waals surface area contributed by atoms with Crippen molar-refractivity contribution in [3.05, 3.63) is 23.2 Å². The Bertz CT molecular complexity index is 533. The Labute approximate surface area is 116 Å². The minimum Gasteiger partial charge on any atom is -0.365 e. The van der Waals surface area contributed by atoms with E-state index in [1.165, 1.54) is 0 Å². The van der Waals surface area contributed by atoms with Crippen LogP contribution in [0.4, 0.5) is 11.4 Å². The Kier molecular flexibility index (Phi) is 4.20. The van der Waals surface area contributed by atoms with E-state index in [2.05, 4.69) is 4.99 Å². The average Bonchev–Trinajstić information content (AvgIpc) is 2.39. The normalized spacial score (nSPS) is 15.1. The molecule has 1 aromatic rings. The molecule has 2 rings (SSSR count). The van der Waals surface area contributed by atoms with E-state index in [-0.39, 0.29) is 5.91 Å². The maximum absolute atomic E-state index is 11.3. The van der Waals surface area contributed by atoms with Crippen LogP contribution < -0.4 is 4.90 Å². The maximum Gasteiger partial charge on any atom is 0.240 e. The predicted molar refractivity (Wildman–Crippen MR) is 73.7 cm³/mol. The number of aliphatic imine (C=N–C) groups is 1. The van der Waals surface area contributed by atoms with E-state index < -0.39 is 0 Å². The maximum atomic E-state index is 11.3. The number of halogens is 1. The highest BCUT2D eigenvalue weighted by Crippen LogP contribution is 2.36. The second-order valence-corrected chi connectivity index (χ2v) is 4.71. The fourth-order valence-corrected chi connectivity index (χ4v) is 2.49. The Morgan fingerprint density at radius 3 is 2.58 bits per heavy atom. The summed E-state index contributed by atoms with van der Waals surface area (Å²) < 4.78 is 0. The van der Waals surface area contributed by atoms with Crippen molar-refractivity contribution in [1.29, 1.82) is 0 Å². The topological polar surface area (TPSA) is 53.0 Å². The summed E-state index contributed by atoms with van der Waals surface area (Å²) in [7, 11) is 0. The van der Waals surface area contributed by atoms with Gasteiger partial charge in [-0.3, -0.25) is 4.79 Å². The quantitative estimate of drug-likeness (QED) is 0.614. The summed E-state index contributed by atoms with van der Waals surface area (Å²) in [5, 5.41) is 0.549. The van der Waals surface area contributed by atoms with Crippen molar-refractivity contribution in [2.45, 2.75) is 6.92 Å². The van der Waals surface area contributed by atoms with Gasteiger partial charge in [0.05, 0.1) is 10.7 Å². The first-order valence-electron chi connectivity index (χ1n) is 6.00. The lowest BCUT2D eigenvalue weighted by atomic mass is 10.2. The molecule has 19 heavy (non-hydrogen) atoms. The Balaban J connectivity index is 2.24. The Morgan fingerprint density at radius 1 is 1.32 bits per heavy atom. The summed E-state index contributed by atoms with van der Waals surface area (Å²) in [5.41, 5.74) is 1.24. The van der Waals surface area contributed by atoms with Gasteiger partial charge in [-0.15, -0.1) is 0 Å². The van der Waals surface area contributed by atoms with Crippen LogP contribution in [0, 0.1) is 0 Å². The van der Waals surface area contributed by atoms with Gasteiger partial charge in [0, 0.05) is 33.1 Å². The number of amides is 1. The van der Waals surface area contributed by atoms with Crippen LogP contribution in [0.25, 0.3) is 0 Å². The van der Waals surface area contributed by atoms with Gasteiger partial charge in [0.15, 0.2) is 0 Å². The fourth-order valence-electron chi connectivity index (χ4n) is 2.20. The number of anilines is 1. The van der Waals surface area contributed by atoms with Crippen molar-refractivity contribution in [3.63, 3.8) is 0 Å². The number of isocyanates is 1. The third-order valence-electron chi connectivity index (χ3n) is 3.17. The van der Waals surface area contributed by atoms with Gasteiger partial charge in [-0.25, -0.2) is 4.79 Å². The highest BCUT2D eigenvalue weighted by Gasteiger charge is 2.22. The van der Waals surface area contributed by atoms with Crippen LogP contribution in [0.2, 0.25) is 5.02 Å². The van der Waals surface area contributed by atoms with Crippen LogP contribution >= 0.6 is 11.6 Å². The fraction of sp³-hybridized carbons (Fsp3) is 0.385. The molecule has 1 aliphatic rings. The number of para-hydroxylation sites is 1. The number of carbonyl (C=O) groups excluding carboxylic acids is 2. The molecule has 0 radical (unpaired) electrons. The summed E-state index contributed by atoms with van der Waals surface area (Å²) in [6, 6.07) is 5.23. The summed E-state index contributed by atoms with van der Waals surface area (Å²) in [6.45, 7) is 4.19. The molecule has 1 saturated heterocycles. The third kappa shape index (κ3) is 2.95. The van der Waals surface area contributed by atoms with E-state index >= 15 is 0 Å². The molecule has 1 fully saturated rings. The zero-order valence-electron chi connectivity index (χ0n) is 10.6. The molecule has 0 bridgehead atoms. The molecule has 0 saturated carbocycles. The first kappa shape index (κ1) is 13.6. The lowest BCUT2D eigenvalue weighted by Gasteiger charge is -2.36. The number of piperazine rings is 1. The standard InChI is InChI=1S/C13H14ClN3O2/c1-10(19)16-5-7-17(8-6-16)13-11(14)3-2-4-12(13)15-9-18/h2-4H,5-8H2,1H3. The van der Waals surface area contributed by atoms with Crippen molar-refractivity contribution in [2.24, 2.45) is 4.99 Å². The number of hydrogen-bond donors (Lipinski definition) is 0. The first-order chi connectivity index (χ1) is 9.13. The zero-order chi connectivity index (χ0) is 13.8. The molecule has 1 aliphatic heterocycles. The van der Waals surface area contributed by atoms with Gasteiger partial charge in [0.2, 0.25) is 12.0 Å². The largest absolute Gasteiger partial charge is 0.365 e. The number of nitrogens with zero attached hydrogens (tertiary/aromatic N) is 3. The molecule has 0 unspecified atom stereocenters. The van der Waals surface area contributed by atoms with Crippen LogP contribution in [0.5, 0.6) is 0 Å². The van der Waals surface area contributed by atoms with E-state index in [0.29, 0.717) is 36.9 Å². The number of carbonyl (C=O) groups is 1.